The number of halogens is 1. The third kappa shape index (κ3) is 5.86. The molecular formula is C14H22FN. The average molecular weight is 223 g/mol. The van der Waals surface area contributed by atoms with Gasteiger partial charge in [0.05, 0.1) is 0 Å². The van der Waals surface area contributed by atoms with Gasteiger partial charge in [-0.3, -0.25) is 0 Å². The van der Waals surface area contributed by atoms with E-state index in [1.54, 1.807) is 0 Å². The molecule has 1 aromatic carbocycles. The van der Waals surface area contributed by atoms with E-state index in [0.717, 1.165) is 18.7 Å². The summed E-state index contributed by atoms with van der Waals surface area (Å²) in [5.41, 5.74) is 1.15. The summed E-state index contributed by atoms with van der Waals surface area (Å²) >= 11 is 0. The number of hydrogen-bond acceptors (Lipinski definition) is 1. The van der Waals surface area contributed by atoms with Gasteiger partial charge >= 0.3 is 0 Å². The van der Waals surface area contributed by atoms with Crippen LogP contribution in [0.4, 0.5) is 4.39 Å². The van der Waals surface area contributed by atoms with Crippen molar-refractivity contribution in [2.24, 2.45) is 0 Å². The van der Waals surface area contributed by atoms with Crippen LogP contribution < -0.4 is 5.32 Å². The second-order valence-corrected chi connectivity index (χ2v) is 4.22. The molecule has 0 fully saturated rings. The number of nitrogens with one attached hydrogen (secondary N) is 1. The lowest BCUT2D eigenvalue weighted by molar-refractivity contribution is 0.582. The highest BCUT2D eigenvalue weighted by atomic mass is 19.1. The maximum Gasteiger partial charge on any atom is 0.123 e. The predicted octanol–water partition coefficient (Wildman–Crippen LogP) is 3.89. The molecule has 0 saturated carbocycles. The first-order chi connectivity index (χ1) is 7.83. The molecule has 0 amide bonds. The van der Waals surface area contributed by atoms with Crippen molar-refractivity contribution in [2.75, 3.05) is 6.54 Å². The summed E-state index contributed by atoms with van der Waals surface area (Å²) in [5.74, 6) is -0.164. The zero-order valence-electron chi connectivity index (χ0n) is 10.1. The van der Waals surface area contributed by atoms with Gasteiger partial charge in [-0.05, 0) is 30.7 Å². The van der Waals surface area contributed by atoms with Gasteiger partial charge in [-0.15, -0.1) is 0 Å². The minimum absolute atomic E-state index is 0.164. The van der Waals surface area contributed by atoms with Crippen LogP contribution in [0.5, 0.6) is 0 Å². The van der Waals surface area contributed by atoms with Crippen molar-refractivity contribution in [3.8, 4) is 0 Å². The Kier molecular flexibility index (Phi) is 6.82. The van der Waals surface area contributed by atoms with E-state index in [4.69, 9.17) is 0 Å². The molecule has 2 heteroatoms. The van der Waals surface area contributed by atoms with Gasteiger partial charge in [-0.25, -0.2) is 4.39 Å². The van der Waals surface area contributed by atoms with Crippen LogP contribution in [0.25, 0.3) is 0 Å². The van der Waals surface area contributed by atoms with Crippen molar-refractivity contribution >= 4 is 0 Å². The van der Waals surface area contributed by atoms with E-state index in [1.165, 1.54) is 44.2 Å². The molecule has 0 spiro atoms. The molecule has 0 aromatic heterocycles. The third-order valence-corrected chi connectivity index (χ3v) is 2.70. The van der Waals surface area contributed by atoms with Crippen LogP contribution >= 0.6 is 0 Å². The lowest BCUT2D eigenvalue weighted by Crippen LogP contribution is -2.14. The van der Waals surface area contributed by atoms with E-state index >= 15 is 0 Å². The Balaban J connectivity index is 2.01. The van der Waals surface area contributed by atoms with Gasteiger partial charge in [0.15, 0.2) is 0 Å². The molecule has 0 saturated heterocycles. The second kappa shape index (κ2) is 8.28. The van der Waals surface area contributed by atoms with Crippen LogP contribution in [0.1, 0.15) is 44.6 Å². The molecule has 0 radical (unpaired) electrons. The highest BCUT2D eigenvalue weighted by Crippen LogP contribution is 2.03. The van der Waals surface area contributed by atoms with Crippen LogP contribution in [0.3, 0.4) is 0 Å². The Morgan fingerprint density at radius 2 is 1.69 bits per heavy atom. The number of unbranched alkanes of at least 4 members (excludes halogenated alkanes) is 4. The molecule has 0 atom stereocenters. The van der Waals surface area contributed by atoms with Crippen LogP contribution in [-0.2, 0) is 6.54 Å². The Morgan fingerprint density at radius 3 is 2.38 bits per heavy atom. The van der Waals surface area contributed by atoms with E-state index < -0.39 is 0 Å². The first-order valence-electron chi connectivity index (χ1n) is 6.28. The molecule has 0 heterocycles. The van der Waals surface area contributed by atoms with Gasteiger partial charge in [0.1, 0.15) is 5.82 Å². The SMILES string of the molecule is CCCCCCCNCc1ccc(F)cc1. The zero-order chi connectivity index (χ0) is 11.6. The highest BCUT2D eigenvalue weighted by molar-refractivity contribution is 5.15. The summed E-state index contributed by atoms with van der Waals surface area (Å²) in [6, 6.07) is 6.69. The van der Waals surface area contributed by atoms with E-state index in [0.29, 0.717) is 0 Å². The predicted molar refractivity (Wildman–Crippen MR) is 66.9 cm³/mol. The van der Waals surface area contributed by atoms with Gasteiger partial charge in [0, 0.05) is 6.54 Å². The highest BCUT2D eigenvalue weighted by Gasteiger charge is 1.93. The molecule has 0 aliphatic rings. The lowest BCUT2D eigenvalue weighted by atomic mass is 10.1. The van der Waals surface area contributed by atoms with Gasteiger partial charge in [0.2, 0.25) is 0 Å². The molecular weight excluding hydrogens is 201 g/mol. The topological polar surface area (TPSA) is 12.0 Å². The first-order valence-corrected chi connectivity index (χ1v) is 6.28. The summed E-state index contributed by atoms with van der Waals surface area (Å²) in [7, 11) is 0. The molecule has 16 heavy (non-hydrogen) atoms. The monoisotopic (exact) mass is 223 g/mol. The van der Waals surface area contributed by atoms with Crippen LogP contribution in [0.2, 0.25) is 0 Å². The zero-order valence-corrected chi connectivity index (χ0v) is 10.1. The fraction of sp³-hybridized carbons (Fsp3) is 0.571. The number of benzene rings is 1. The summed E-state index contributed by atoms with van der Waals surface area (Å²) < 4.78 is 12.6. The van der Waals surface area contributed by atoms with E-state index in [1.807, 2.05) is 12.1 Å². The molecule has 90 valence electrons. The maximum atomic E-state index is 12.6. The van der Waals surface area contributed by atoms with Gasteiger partial charge in [-0.2, -0.15) is 0 Å². The summed E-state index contributed by atoms with van der Waals surface area (Å²) in [4.78, 5) is 0. The minimum atomic E-state index is -0.164. The normalized spacial score (nSPS) is 10.6. The standard InChI is InChI=1S/C14H22FN/c1-2-3-4-5-6-11-16-12-13-7-9-14(15)10-8-13/h7-10,16H,2-6,11-12H2,1H3. The van der Waals surface area contributed by atoms with Crippen molar-refractivity contribution < 1.29 is 4.39 Å². The van der Waals surface area contributed by atoms with Gasteiger partial charge < -0.3 is 5.32 Å². The van der Waals surface area contributed by atoms with Crippen molar-refractivity contribution in [2.45, 2.75) is 45.6 Å². The smallest absolute Gasteiger partial charge is 0.123 e. The maximum absolute atomic E-state index is 12.6. The van der Waals surface area contributed by atoms with Crippen LogP contribution in [0, 0.1) is 5.82 Å². The molecule has 0 bridgehead atoms. The third-order valence-electron chi connectivity index (χ3n) is 2.70. The Hall–Kier alpha value is -0.890. The lowest BCUT2D eigenvalue weighted by Gasteiger charge is -2.04. The fourth-order valence-corrected chi connectivity index (χ4v) is 1.69. The molecule has 1 nitrogen and oxygen atoms in total. The Labute approximate surface area is 98.1 Å². The van der Waals surface area contributed by atoms with E-state index in [9.17, 15) is 4.39 Å². The van der Waals surface area contributed by atoms with Gasteiger partial charge in [-0.1, -0.05) is 44.7 Å². The first kappa shape index (κ1) is 13.2. The average Bonchev–Trinajstić information content (AvgIpc) is 2.30. The van der Waals surface area contributed by atoms with Crippen molar-refractivity contribution in [1.82, 2.24) is 5.32 Å². The second-order valence-electron chi connectivity index (χ2n) is 4.22. The van der Waals surface area contributed by atoms with E-state index in [2.05, 4.69) is 12.2 Å². The van der Waals surface area contributed by atoms with Crippen LogP contribution in [-0.4, -0.2) is 6.54 Å². The fourth-order valence-electron chi connectivity index (χ4n) is 1.69. The summed E-state index contributed by atoms with van der Waals surface area (Å²) in [5, 5.41) is 3.38. The molecule has 0 aliphatic carbocycles. The number of hydrogen-bond donors (Lipinski definition) is 1. The molecule has 1 aromatic rings. The number of rotatable bonds is 8. The Morgan fingerprint density at radius 1 is 1.00 bits per heavy atom. The Bertz CT molecular complexity index is 269. The van der Waals surface area contributed by atoms with Crippen molar-refractivity contribution in [3.05, 3.63) is 35.6 Å². The molecule has 0 unspecified atom stereocenters. The molecule has 1 rings (SSSR count). The van der Waals surface area contributed by atoms with Crippen LogP contribution in [0.15, 0.2) is 24.3 Å². The minimum Gasteiger partial charge on any atom is -0.313 e. The quantitative estimate of drug-likeness (QED) is 0.659. The van der Waals surface area contributed by atoms with Gasteiger partial charge in [0.25, 0.3) is 0 Å². The molecule has 1 N–H and O–H groups in total. The summed E-state index contributed by atoms with van der Waals surface area (Å²) in [6.07, 6.45) is 6.53. The summed E-state index contributed by atoms with van der Waals surface area (Å²) in [6.45, 7) is 4.13. The largest absolute Gasteiger partial charge is 0.313 e. The van der Waals surface area contributed by atoms with Crippen molar-refractivity contribution in [1.29, 1.82) is 0 Å². The van der Waals surface area contributed by atoms with Crippen molar-refractivity contribution in [3.63, 3.8) is 0 Å². The molecule has 0 aliphatic heterocycles. The van der Waals surface area contributed by atoms with E-state index in [-0.39, 0.29) is 5.82 Å².